The topological polar surface area (TPSA) is 67.6 Å². The van der Waals surface area contributed by atoms with Crippen LogP contribution in [0.5, 0.6) is 0 Å². The van der Waals surface area contributed by atoms with E-state index in [9.17, 15) is 4.79 Å². The lowest BCUT2D eigenvalue weighted by Crippen LogP contribution is -2.45. The van der Waals surface area contributed by atoms with Crippen LogP contribution >= 0.6 is 0 Å². The van der Waals surface area contributed by atoms with E-state index < -0.39 is 0 Å². The zero-order valence-electron chi connectivity index (χ0n) is 11.5. The number of nitrogen functional groups attached to an aromatic ring is 1. The molecule has 0 spiro atoms. The zero-order chi connectivity index (χ0) is 13.8. The summed E-state index contributed by atoms with van der Waals surface area (Å²) in [6.07, 6.45) is 1.08. The number of amides is 1. The van der Waals surface area contributed by atoms with Gasteiger partial charge in [-0.2, -0.15) is 0 Å². The highest BCUT2D eigenvalue weighted by Crippen LogP contribution is 2.18. The minimum Gasteiger partial charge on any atom is -0.375 e. The van der Waals surface area contributed by atoms with E-state index in [2.05, 4.69) is 12.3 Å². The van der Waals surface area contributed by atoms with Gasteiger partial charge in [-0.3, -0.25) is 10.6 Å². The molecule has 5 heteroatoms. The van der Waals surface area contributed by atoms with Gasteiger partial charge in [0.15, 0.2) is 0 Å². The normalized spacial score (nSPS) is 19.3. The maximum absolute atomic E-state index is 12.5. The Bertz CT molecular complexity index is 462. The van der Waals surface area contributed by atoms with Gasteiger partial charge in [0.05, 0.1) is 12.7 Å². The average molecular weight is 263 g/mol. The molecule has 0 aliphatic carbocycles. The summed E-state index contributed by atoms with van der Waals surface area (Å²) >= 11 is 0. The molecule has 1 saturated heterocycles. The summed E-state index contributed by atoms with van der Waals surface area (Å²) in [5.74, 6) is 5.43. The number of aryl methyl sites for hydroxylation is 1. The van der Waals surface area contributed by atoms with Crippen LogP contribution in [0.3, 0.4) is 0 Å². The number of hydrogen-bond acceptors (Lipinski definition) is 4. The molecule has 0 saturated carbocycles. The van der Waals surface area contributed by atoms with E-state index in [1.54, 1.807) is 0 Å². The number of hydrazine groups is 1. The third-order valence-corrected chi connectivity index (χ3v) is 3.50. The molecule has 1 amide bonds. The standard InChI is InChI=1S/C14H21N3O2/c1-3-12-9-17(6-7-19-12)14(18)13-5-4-11(16-15)8-10(13)2/h4-5,8,12,16H,3,6-7,9,15H2,1-2H3. The second-order valence-corrected chi connectivity index (χ2v) is 4.83. The van der Waals surface area contributed by atoms with Crippen molar-refractivity contribution in [3.05, 3.63) is 29.3 Å². The Morgan fingerprint density at radius 3 is 3.00 bits per heavy atom. The lowest BCUT2D eigenvalue weighted by Gasteiger charge is -2.32. The second kappa shape index (κ2) is 6.04. The Kier molecular flexibility index (Phi) is 4.39. The van der Waals surface area contributed by atoms with Crippen molar-refractivity contribution in [3.8, 4) is 0 Å². The van der Waals surface area contributed by atoms with E-state index >= 15 is 0 Å². The molecular formula is C14H21N3O2. The molecule has 0 radical (unpaired) electrons. The molecule has 104 valence electrons. The fraction of sp³-hybridized carbons (Fsp3) is 0.500. The minimum absolute atomic E-state index is 0.0721. The van der Waals surface area contributed by atoms with E-state index in [0.717, 1.165) is 23.2 Å². The summed E-state index contributed by atoms with van der Waals surface area (Å²) in [4.78, 5) is 14.4. The first-order chi connectivity index (χ1) is 9.15. The molecule has 1 unspecified atom stereocenters. The van der Waals surface area contributed by atoms with Crippen LogP contribution in [0.4, 0.5) is 5.69 Å². The number of rotatable bonds is 3. The molecule has 5 nitrogen and oxygen atoms in total. The van der Waals surface area contributed by atoms with Gasteiger partial charge >= 0.3 is 0 Å². The van der Waals surface area contributed by atoms with Crippen LogP contribution in [-0.2, 0) is 4.74 Å². The number of carbonyl (C=O) groups excluding carboxylic acids is 1. The van der Waals surface area contributed by atoms with E-state index in [1.165, 1.54) is 0 Å². The van der Waals surface area contributed by atoms with E-state index in [4.69, 9.17) is 10.6 Å². The van der Waals surface area contributed by atoms with E-state index in [1.807, 2.05) is 30.0 Å². The van der Waals surface area contributed by atoms with Gasteiger partial charge in [-0.25, -0.2) is 0 Å². The molecule has 19 heavy (non-hydrogen) atoms. The Balaban J connectivity index is 2.15. The number of morpholine rings is 1. The first-order valence-electron chi connectivity index (χ1n) is 6.63. The van der Waals surface area contributed by atoms with Gasteiger partial charge in [0.2, 0.25) is 0 Å². The van der Waals surface area contributed by atoms with E-state index in [-0.39, 0.29) is 12.0 Å². The SMILES string of the molecule is CCC1CN(C(=O)c2ccc(NN)cc2C)CCO1. The Hall–Kier alpha value is -1.59. The monoisotopic (exact) mass is 263 g/mol. The number of benzene rings is 1. The maximum Gasteiger partial charge on any atom is 0.254 e. The number of anilines is 1. The Morgan fingerprint density at radius 2 is 2.37 bits per heavy atom. The average Bonchev–Trinajstić information content (AvgIpc) is 2.46. The number of ether oxygens (including phenoxy) is 1. The summed E-state index contributed by atoms with van der Waals surface area (Å²) in [7, 11) is 0. The van der Waals surface area contributed by atoms with Gasteiger partial charge in [0.25, 0.3) is 5.91 Å². The van der Waals surface area contributed by atoms with Crippen molar-refractivity contribution in [1.29, 1.82) is 0 Å². The molecule has 1 atom stereocenters. The maximum atomic E-state index is 12.5. The van der Waals surface area contributed by atoms with Gasteiger partial charge in [-0.15, -0.1) is 0 Å². The summed E-state index contributed by atoms with van der Waals surface area (Å²) in [5, 5.41) is 0. The molecule has 1 aromatic carbocycles. The third kappa shape index (κ3) is 3.05. The lowest BCUT2D eigenvalue weighted by molar-refractivity contribution is -0.0226. The van der Waals surface area contributed by atoms with Gasteiger partial charge < -0.3 is 15.1 Å². The number of nitrogens with one attached hydrogen (secondary N) is 1. The fourth-order valence-electron chi connectivity index (χ4n) is 2.31. The Labute approximate surface area is 113 Å². The minimum atomic E-state index is 0.0721. The van der Waals surface area contributed by atoms with Crippen LogP contribution in [-0.4, -0.2) is 36.6 Å². The molecule has 0 aromatic heterocycles. The molecule has 1 aliphatic rings. The summed E-state index contributed by atoms with van der Waals surface area (Å²) in [6, 6.07) is 5.52. The van der Waals surface area contributed by atoms with Crippen molar-refractivity contribution in [1.82, 2.24) is 4.90 Å². The largest absolute Gasteiger partial charge is 0.375 e. The number of carbonyl (C=O) groups is 1. The molecule has 1 aliphatic heterocycles. The van der Waals surface area contributed by atoms with Gasteiger partial charge in [-0.1, -0.05) is 6.92 Å². The van der Waals surface area contributed by atoms with Crippen LogP contribution in [0.25, 0.3) is 0 Å². The first kappa shape index (κ1) is 13.8. The molecule has 1 heterocycles. The molecule has 3 N–H and O–H groups in total. The molecule has 1 aromatic rings. The Morgan fingerprint density at radius 1 is 1.58 bits per heavy atom. The van der Waals surface area contributed by atoms with Crippen LogP contribution < -0.4 is 11.3 Å². The van der Waals surface area contributed by atoms with Crippen molar-refractivity contribution in [3.63, 3.8) is 0 Å². The van der Waals surface area contributed by atoms with Crippen molar-refractivity contribution >= 4 is 11.6 Å². The highest BCUT2D eigenvalue weighted by atomic mass is 16.5. The molecule has 1 fully saturated rings. The highest BCUT2D eigenvalue weighted by Gasteiger charge is 2.24. The second-order valence-electron chi connectivity index (χ2n) is 4.83. The zero-order valence-corrected chi connectivity index (χ0v) is 11.5. The predicted molar refractivity (Wildman–Crippen MR) is 74.9 cm³/mol. The van der Waals surface area contributed by atoms with Gasteiger partial charge in [0.1, 0.15) is 0 Å². The lowest BCUT2D eigenvalue weighted by atomic mass is 10.1. The fourth-order valence-corrected chi connectivity index (χ4v) is 2.31. The quantitative estimate of drug-likeness (QED) is 0.641. The molecule has 2 rings (SSSR count). The van der Waals surface area contributed by atoms with Crippen molar-refractivity contribution in [2.75, 3.05) is 25.1 Å². The van der Waals surface area contributed by atoms with Gasteiger partial charge in [-0.05, 0) is 37.1 Å². The summed E-state index contributed by atoms with van der Waals surface area (Å²) in [5.41, 5.74) is 5.06. The van der Waals surface area contributed by atoms with Gasteiger partial charge in [0, 0.05) is 24.3 Å². The molecule has 0 bridgehead atoms. The van der Waals surface area contributed by atoms with Crippen molar-refractivity contribution in [2.24, 2.45) is 5.84 Å². The summed E-state index contributed by atoms with van der Waals surface area (Å²) < 4.78 is 5.59. The van der Waals surface area contributed by atoms with Crippen molar-refractivity contribution in [2.45, 2.75) is 26.4 Å². The van der Waals surface area contributed by atoms with Crippen molar-refractivity contribution < 1.29 is 9.53 Å². The predicted octanol–water partition coefficient (Wildman–Crippen LogP) is 1.53. The first-order valence-corrected chi connectivity index (χ1v) is 6.63. The highest BCUT2D eigenvalue weighted by molar-refractivity contribution is 5.96. The van der Waals surface area contributed by atoms with Crippen LogP contribution in [0, 0.1) is 6.92 Å². The van der Waals surface area contributed by atoms with Crippen LogP contribution in [0.15, 0.2) is 18.2 Å². The number of nitrogens with two attached hydrogens (primary N) is 1. The van der Waals surface area contributed by atoms with Crippen LogP contribution in [0.1, 0.15) is 29.3 Å². The number of hydrogen-bond donors (Lipinski definition) is 2. The molecular weight excluding hydrogens is 242 g/mol. The third-order valence-electron chi connectivity index (χ3n) is 3.50. The summed E-state index contributed by atoms with van der Waals surface area (Å²) in [6.45, 7) is 5.94. The van der Waals surface area contributed by atoms with E-state index in [0.29, 0.717) is 19.7 Å². The van der Waals surface area contributed by atoms with Crippen LogP contribution in [0.2, 0.25) is 0 Å². The number of nitrogens with zero attached hydrogens (tertiary/aromatic N) is 1. The smallest absolute Gasteiger partial charge is 0.254 e.